The molecule has 8 aromatic rings. The summed E-state index contributed by atoms with van der Waals surface area (Å²) in [4.78, 5) is 0. The Morgan fingerprint density at radius 3 is 1.12 bits per heavy atom. The number of hydrogen-bond acceptors (Lipinski definition) is 0. The van der Waals surface area contributed by atoms with Crippen molar-refractivity contribution in [2.24, 2.45) is 0 Å². The van der Waals surface area contributed by atoms with Gasteiger partial charge in [-0.3, -0.25) is 0 Å². The molecule has 0 radical (unpaired) electrons. The third-order valence-electron chi connectivity index (χ3n) is 9.87. The summed E-state index contributed by atoms with van der Waals surface area (Å²) in [5, 5.41) is 8.15. The van der Waals surface area contributed by atoms with Gasteiger partial charge < -0.3 is 0 Å². The molecule has 1 aliphatic rings. The Hall–Kier alpha value is -5.36. The van der Waals surface area contributed by atoms with Gasteiger partial charge in [-0.25, -0.2) is 0 Å². The highest BCUT2D eigenvalue weighted by atomic mass is 19.4. The molecule has 0 atom stereocenters. The molecule has 48 heavy (non-hydrogen) atoms. The molecular weight excluding hydrogens is 618 g/mol. The Labute approximate surface area is 271 Å². The van der Waals surface area contributed by atoms with Gasteiger partial charge in [-0.05, 0) is 137 Å². The molecule has 0 saturated carbocycles. The molecule has 0 unspecified atom stereocenters. The molecule has 0 bridgehead atoms. The van der Waals surface area contributed by atoms with Crippen molar-refractivity contribution in [1.29, 1.82) is 0 Å². The fourth-order valence-electron chi connectivity index (χ4n) is 7.93. The van der Waals surface area contributed by atoms with Gasteiger partial charge >= 0.3 is 12.4 Å². The van der Waals surface area contributed by atoms with Crippen LogP contribution in [0.2, 0.25) is 0 Å². The number of alkyl halides is 6. The van der Waals surface area contributed by atoms with E-state index in [2.05, 4.69) is 50.2 Å². The van der Waals surface area contributed by atoms with E-state index in [4.69, 9.17) is 0 Å². The van der Waals surface area contributed by atoms with Crippen LogP contribution in [0.3, 0.4) is 0 Å². The number of hydrogen-bond donors (Lipinski definition) is 0. The van der Waals surface area contributed by atoms with Crippen LogP contribution in [0.25, 0.3) is 87.6 Å². The first-order valence-electron chi connectivity index (χ1n) is 15.6. The first-order valence-corrected chi connectivity index (χ1v) is 15.6. The van der Waals surface area contributed by atoms with Gasteiger partial charge in [0, 0.05) is 0 Å². The molecule has 0 spiro atoms. The quantitative estimate of drug-likeness (QED) is 0.130. The lowest BCUT2D eigenvalue weighted by atomic mass is 9.82. The average Bonchev–Trinajstić information content (AvgIpc) is 3.37. The van der Waals surface area contributed by atoms with Crippen LogP contribution in [0.1, 0.15) is 22.3 Å². The van der Waals surface area contributed by atoms with Crippen LogP contribution in [-0.2, 0) is 12.4 Å². The zero-order valence-corrected chi connectivity index (χ0v) is 25.7. The highest BCUT2D eigenvalue weighted by Crippen LogP contribution is 2.57. The second-order valence-electron chi connectivity index (χ2n) is 12.9. The molecule has 0 aliphatic heterocycles. The Balaban J connectivity index is 1.41. The van der Waals surface area contributed by atoms with Crippen LogP contribution in [0.15, 0.2) is 109 Å². The van der Waals surface area contributed by atoms with Crippen molar-refractivity contribution in [3.8, 4) is 44.5 Å². The van der Waals surface area contributed by atoms with E-state index in [1.54, 1.807) is 0 Å². The lowest BCUT2D eigenvalue weighted by Gasteiger charge is -2.21. The Bertz CT molecular complexity index is 2440. The Morgan fingerprint density at radius 2 is 0.750 bits per heavy atom. The molecule has 0 saturated heterocycles. The second kappa shape index (κ2) is 9.60. The van der Waals surface area contributed by atoms with Gasteiger partial charge in [-0.1, -0.05) is 84.9 Å². The van der Waals surface area contributed by atoms with Gasteiger partial charge in [0.25, 0.3) is 0 Å². The maximum atomic E-state index is 13.4. The van der Waals surface area contributed by atoms with Crippen molar-refractivity contribution in [3.63, 3.8) is 0 Å². The summed E-state index contributed by atoms with van der Waals surface area (Å²) in [5.41, 5.74) is 8.34. The van der Waals surface area contributed by atoms with Crippen molar-refractivity contribution >= 4 is 43.1 Å². The molecule has 0 amide bonds. The zero-order chi connectivity index (χ0) is 33.3. The van der Waals surface area contributed by atoms with Crippen molar-refractivity contribution in [3.05, 3.63) is 131 Å². The highest BCUT2D eigenvalue weighted by Gasteiger charge is 2.32. The van der Waals surface area contributed by atoms with Crippen LogP contribution in [0.4, 0.5) is 26.3 Å². The average molecular weight is 643 g/mol. The first kappa shape index (κ1) is 28.8. The standard InChI is InChI=1S/C42H24F6/c1-21-17-25-18-22(2)20-35-36(25)34(19-21)39-32-15-11-28(23-3-7-26(8-4-23)41(43,44)45)30-13-14-31-29(12-16-33(40(35)39)38(31)37(30)32)24-5-9-27(10-6-24)42(46,47)48/h3-20H,1-2H3. The van der Waals surface area contributed by atoms with Crippen molar-refractivity contribution < 1.29 is 26.3 Å². The number of benzene rings is 8. The van der Waals surface area contributed by atoms with Gasteiger partial charge in [-0.2, -0.15) is 26.3 Å². The molecule has 0 heterocycles. The van der Waals surface area contributed by atoms with Crippen LogP contribution in [0.5, 0.6) is 0 Å². The van der Waals surface area contributed by atoms with Crippen LogP contribution in [0, 0.1) is 13.8 Å². The van der Waals surface area contributed by atoms with Crippen LogP contribution < -0.4 is 0 Å². The summed E-state index contributed by atoms with van der Waals surface area (Å²) in [6.07, 6.45) is -8.88. The van der Waals surface area contributed by atoms with Crippen molar-refractivity contribution in [2.45, 2.75) is 26.2 Å². The van der Waals surface area contributed by atoms with E-state index in [1.165, 1.54) is 29.7 Å². The summed E-state index contributed by atoms with van der Waals surface area (Å²) in [6.45, 7) is 4.18. The maximum Gasteiger partial charge on any atom is 0.416 e. The molecule has 9 rings (SSSR count). The summed E-state index contributed by atoms with van der Waals surface area (Å²) < 4.78 is 80.6. The lowest BCUT2D eigenvalue weighted by molar-refractivity contribution is -0.138. The van der Waals surface area contributed by atoms with Gasteiger partial charge in [0.15, 0.2) is 0 Å². The SMILES string of the molecule is Cc1cc2c3c(cc(C)cc3c1)-c1c-2c2ccc(-c3ccc(C(F)(F)F)cc3)c3ccc4c(-c5ccc(C(F)(F)F)cc5)ccc1c4c32. The molecule has 0 nitrogen and oxygen atoms in total. The third-order valence-corrected chi connectivity index (χ3v) is 9.87. The summed E-state index contributed by atoms with van der Waals surface area (Å²) in [5.74, 6) is 0. The van der Waals surface area contributed by atoms with Crippen LogP contribution in [-0.4, -0.2) is 0 Å². The van der Waals surface area contributed by atoms with E-state index in [0.717, 1.165) is 106 Å². The molecule has 0 N–H and O–H groups in total. The first-order chi connectivity index (χ1) is 22.9. The number of aryl methyl sites for hydroxylation is 2. The predicted molar refractivity (Wildman–Crippen MR) is 182 cm³/mol. The Kier molecular flexibility index (Phi) is 5.77. The summed E-state index contributed by atoms with van der Waals surface area (Å²) >= 11 is 0. The molecule has 0 fully saturated rings. The fraction of sp³-hybridized carbons (Fsp3) is 0.0952. The monoisotopic (exact) mass is 642 g/mol. The number of rotatable bonds is 2. The largest absolute Gasteiger partial charge is 0.416 e. The van der Waals surface area contributed by atoms with Crippen molar-refractivity contribution in [1.82, 2.24) is 0 Å². The molecule has 8 aromatic carbocycles. The Morgan fingerprint density at radius 1 is 0.375 bits per heavy atom. The van der Waals surface area contributed by atoms with Crippen molar-refractivity contribution in [2.75, 3.05) is 0 Å². The van der Waals surface area contributed by atoms with Gasteiger partial charge in [-0.15, -0.1) is 0 Å². The third kappa shape index (κ3) is 4.05. The van der Waals surface area contributed by atoms with Gasteiger partial charge in [0.2, 0.25) is 0 Å². The van der Waals surface area contributed by atoms with E-state index >= 15 is 0 Å². The smallest absolute Gasteiger partial charge is 0.166 e. The minimum absolute atomic E-state index is 0.664. The summed E-state index contributed by atoms with van der Waals surface area (Å²) in [6, 6.07) is 31.4. The molecule has 6 heteroatoms. The van der Waals surface area contributed by atoms with Crippen LogP contribution >= 0.6 is 0 Å². The number of fused-ring (bicyclic) bond motifs is 5. The second-order valence-corrected chi connectivity index (χ2v) is 12.9. The van der Waals surface area contributed by atoms with Gasteiger partial charge in [0.05, 0.1) is 11.1 Å². The molecule has 1 aliphatic carbocycles. The predicted octanol–water partition coefficient (Wildman–Crippen LogP) is 13.4. The fourth-order valence-corrected chi connectivity index (χ4v) is 7.93. The number of halogens is 6. The molecule has 234 valence electrons. The van der Waals surface area contributed by atoms with E-state index in [9.17, 15) is 26.3 Å². The van der Waals surface area contributed by atoms with E-state index < -0.39 is 23.5 Å². The van der Waals surface area contributed by atoms with E-state index in [1.807, 2.05) is 24.3 Å². The maximum absolute atomic E-state index is 13.4. The highest BCUT2D eigenvalue weighted by molar-refractivity contribution is 6.37. The minimum atomic E-state index is -4.44. The van der Waals surface area contributed by atoms with E-state index in [0.29, 0.717) is 11.1 Å². The van der Waals surface area contributed by atoms with E-state index in [-0.39, 0.29) is 0 Å². The zero-order valence-electron chi connectivity index (χ0n) is 25.7. The molecule has 0 aromatic heterocycles. The van der Waals surface area contributed by atoms with Gasteiger partial charge in [0.1, 0.15) is 0 Å². The summed E-state index contributed by atoms with van der Waals surface area (Å²) in [7, 11) is 0. The molecular formula is C42H24F6. The minimum Gasteiger partial charge on any atom is -0.166 e. The lowest BCUT2D eigenvalue weighted by Crippen LogP contribution is -2.04. The topological polar surface area (TPSA) is 0 Å². The normalized spacial score (nSPS) is 13.0.